The smallest absolute Gasteiger partial charge is 0.303 e. The fraction of sp³-hybridized carbons (Fsp3) is 0.326. The molecule has 6 aromatic heterocycles. The zero-order valence-electron chi connectivity index (χ0n) is 32.6. The first-order valence-corrected chi connectivity index (χ1v) is 20.4. The van der Waals surface area contributed by atoms with Crippen LogP contribution in [0.1, 0.15) is 98.4 Å². The zero-order chi connectivity index (χ0) is 40.0. The largest absolute Gasteiger partial charge is 0.459 e. The van der Waals surface area contributed by atoms with Gasteiger partial charge in [-0.2, -0.15) is 0 Å². The Balaban J connectivity index is 0.000000135. The molecule has 0 radical (unpaired) electrons. The van der Waals surface area contributed by atoms with Crippen LogP contribution >= 0.6 is 0 Å². The first-order valence-electron chi connectivity index (χ1n) is 20.4. The summed E-state index contributed by atoms with van der Waals surface area (Å²) in [6.45, 7) is 1.47. The van der Waals surface area contributed by atoms with Crippen molar-refractivity contribution >= 4 is 17.8 Å². The number of amides is 2. The number of esters is 1. The van der Waals surface area contributed by atoms with Crippen molar-refractivity contribution < 1.29 is 24.2 Å². The number of pyridine rings is 4. The number of aromatic nitrogens is 6. The van der Waals surface area contributed by atoms with Gasteiger partial charge in [0, 0.05) is 89.3 Å². The van der Waals surface area contributed by atoms with E-state index in [1.807, 2.05) is 36.7 Å². The Hall–Kier alpha value is -6.47. The molecule has 2 aliphatic heterocycles. The second-order valence-corrected chi connectivity index (χ2v) is 17.0. The van der Waals surface area contributed by atoms with E-state index in [-0.39, 0.29) is 42.1 Å². The molecular formula is C46H42N8O5. The summed E-state index contributed by atoms with van der Waals surface area (Å²) >= 11 is 0. The molecule has 0 aromatic carbocycles. The fourth-order valence-corrected chi connectivity index (χ4v) is 9.42. The van der Waals surface area contributed by atoms with Crippen molar-refractivity contribution in [1.29, 1.82) is 0 Å². The third kappa shape index (κ3) is 6.22. The number of hydrogen-bond acceptors (Lipinski definition) is 9. The number of nitrogens with one attached hydrogen (secondary N) is 4. The molecule has 4 aliphatic carbocycles. The molecule has 59 heavy (non-hydrogen) atoms. The molecule has 12 rings (SSSR count). The molecule has 296 valence electrons. The van der Waals surface area contributed by atoms with Crippen LogP contribution in [0.15, 0.2) is 61.2 Å². The van der Waals surface area contributed by atoms with Crippen molar-refractivity contribution in [2.45, 2.75) is 95.4 Å². The van der Waals surface area contributed by atoms with E-state index in [2.05, 4.69) is 52.7 Å². The van der Waals surface area contributed by atoms with Gasteiger partial charge in [0.25, 0.3) is 11.8 Å². The van der Waals surface area contributed by atoms with Crippen LogP contribution in [-0.2, 0) is 61.3 Å². The number of fused-ring (bicyclic) bond motifs is 10. The summed E-state index contributed by atoms with van der Waals surface area (Å²) in [5.41, 5.74) is 17.7. The Morgan fingerprint density at radius 3 is 1.59 bits per heavy atom. The summed E-state index contributed by atoms with van der Waals surface area (Å²) in [5.74, 6) is -0.174. The van der Waals surface area contributed by atoms with Crippen LogP contribution in [0.4, 0.5) is 0 Å². The second kappa shape index (κ2) is 13.3. The summed E-state index contributed by atoms with van der Waals surface area (Å²) in [6, 6.07) is 11.7. The Kier molecular flexibility index (Phi) is 8.03. The van der Waals surface area contributed by atoms with Crippen LogP contribution in [0.2, 0.25) is 0 Å². The van der Waals surface area contributed by atoms with Gasteiger partial charge in [-0.25, -0.2) is 0 Å². The summed E-state index contributed by atoms with van der Waals surface area (Å²) < 4.78 is 5.00. The molecule has 6 aromatic rings. The number of carbonyl (C=O) groups is 3. The molecule has 2 saturated carbocycles. The Morgan fingerprint density at radius 1 is 0.678 bits per heavy atom. The van der Waals surface area contributed by atoms with Gasteiger partial charge in [0.2, 0.25) is 0 Å². The lowest BCUT2D eigenvalue weighted by atomic mass is 9.87. The van der Waals surface area contributed by atoms with Crippen LogP contribution in [-0.4, -0.2) is 63.9 Å². The molecule has 0 unspecified atom stereocenters. The highest BCUT2D eigenvalue weighted by atomic mass is 16.5. The number of rotatable bonds is 5. The minimum Gasteiger partial charge on any atom is -0.459 e. The molecular weight excluding hydrogens is 745 g/mol. The van der Waals surface area contributed by atoms with Gasteiger partial charge in [-0.1, -0.05) is 0 Å². The summed E-state index contributed by atoms with van der Waals surface area (Å²) in [6.07, 6.45) is 16.9. The molecule has 0 bridgehead atoms. The topological polar surface area (TPSA) is 188 Å². The third-order valence-corrected chi connectivity index (χ3v) is 12.9. The molecule has 8 heterocycles. The molecule has 6 aliphatic rings. The maximum atomic E-state index is 12.8. The van der Waals surface area contributed by atoms with Crippen molar-refractivity contribution in [3.05, 3.63) is 117 Å². The molecule has 13 heteroatoms. The standard InChI is InChI=1S/C24H22N4O3.C22H20N4O2/c1-13(29)31-12-16-4-2-15(11-25-16)19-8-18-14(10-26-19)3-5-17-21-20(27-22(17)18)9-24(6-7-24)28-23(21)30;27-11-14-3-1-13(10-23-14)17-7-16-12(9-24-17)2-4-15-19-18(25-20(15)16)8-22(5-6-22)26-21(19)28/h2,4,8,10-11,27H,3,5-7,9,12H2,1H3,(H,28,30);1,3,7,9-10,25,27H,2,4-6,8,11H2,(H,26,28). The van der Waals surface area contributed by atoms with E-state index in [1.165, 1.54) is 18.1 Å². The number of aliphatic hydroxyl groups excluding tert-OH is 1. The SMILES string of the molecule is CC(=O)OCc1ccc(-c2cc3c(cn2)CCc2c-3[nH]c3c2C(=O)NC2(CC2)C3)cn1.O=C1NC2(CC2)Cc2[nH]c3c(c21)CCc1cnc(-c2ccc(CO)nc2)cc1-3. The molecule has 0 atom stereocenters. The monoisotopic (exact) mass is 786 g/mol. The molecule has 2 spiro atoms. The minimum atomic E-state index is -0.326. The lowest BCUT2D eigenvalue weighted by molar-refractivity contribution is -0.142. The van der Waals surface area contributed by atoms with Crippen molar-refractivity contribution in [3.8, 4) is 45.0 Å². The number of hydrogen-bond donors (Lipinski definition) is 5. The van der Waals surface area contributed by atoms with E-state index < -0.39 is 0 Å². The number of carbonyl (C=O) groups excluding carboxylic acids is 3. The van der Waals surface area contributed by atoms with E-state index in [0.717, 1.165) is 143 Å². The normalized spacial score (nSPS) is 17.8. The van der Waals surface area contributed by atoms with Gasteiger partial charge in [0.05, 0.1) is 51.9 Å². The van der Waals surface area contributed by atoms with Gasteiger partial charge in [-0.15, -0.1) is 0 Å². The quantitative estimate of drug-likeness (QED) is 0.137. The van der Waals surface area contributed by atoms with Gasteiger partial charge < -0.3 is 30.4 Å². The predicted molar refractivity (Wildman–Crippen MR) is 217 cm³/mol. The van der Waals surface area contributed by atoms with Gasteiger partial charge in [-0.05, 0) is 110 Å². The van der Waals surface area contributed by atoms with Crippen LogP contribution in [0, 0.1) is 0 Å². The number of H-pyrrole nitrogens is 2. The second-order valence-electron chi connectivity index (χ2n) is 17.0. The number of aryl methyl sites for hydroxylation is 2. The average Bonchev–Trinajstić information content (AvgIpc) is 4.09. The van der Waals surface area contributed by atoms with E-state index >= 15 is 0 Å². The molecule has 13 nitrogen and oxygen atoms in total. The van der Waals surface area contributed by atoms with Crippen LogP contribution in [0.5, 0.6) is 0 Å². The van der Waals surface area contributed by atoms with Gasteiger partial charge in [0.1, 0.15) is 6.61 Å². The number of aliphatic hydroxyl groups is 1. The van der Waals surface area contributed by atoms with Crippen LogP contribution < -0.4 is 10.6 Å². The molecule has 2 fully saturated rings. The molecule has 5 N–H and O–H groups in total. The van der Waals surface area contributed by atoms with E-state index in [4.69, 9.17) is 4.74 Å². The van der Waals surface area contributed by atoms with Crippen LogP contribution in [0.3, 0.4) is 0 Å². The summed E-state index contributed by atoms with van der Waals surface area (Å²) in [5, 5.41) is 15.7. The minimum absolute atomic E-state index is 0.00386. The Bertz CT molecular complexity index is 2740. The lowest BCUT2D eigenvalue weighted by Crippen LogP contribution is -2.43. The van der Waals surface area contributed by atoms with Crippen molar-refractivity contribution in [2.24, 2.45) is 0 Å². The highest BCUT2D eigenvalue weighted by Crippen LogP contribution is 2.47. The van der Waals surface area contributed by atoms with Gasteiger partial charge in [-0.3, -0.25) is 34.3 Å². The van der Waals surface area contributed by atoms with E-state index in [0.29, 0.717) is 11.4 Å². The van der Waals surface area contributed by atoms with E-state index in [9.17, 15) is 19.5 Å². The third-order valence-electron chi connectivity index (χ3n) is 12.9. The highest BCUT2D eigenvalue weighted by Gasteiger charge is 2.50. The number of aromatic amines is 2. The Labute approximate surface area is 339 Å². The lowest BCUT2D eigenvalue weighted by Gasteiger charge is -2.24. The average molecular weight is 787 g/mol. The van der Waals surface area contributed by atoms with Gasteiger partial charge in [0.15, 0.2) is 0 Å². The highest BCUT2D eigenvalue weighted by molar-refractivity contribution is 6.02. The van der Waals surface area contributed by atoms with E-state index in [1.54, 1.807) is 12.4 Å². The summed E-state index contributed by atoms with van der Waals surface area (Å²) in [7, 11) is 0. The van der Waals surface area contributed by atoms with Crippen LogP contribution in [0.25, 0.3) is 45.0 Å². The maximum absolute atomic E-state index is 12.8. The van der Waals surface area contributed by atoms with Crippen molar-refractivity contribution in [3.63, 3.8) is 0 Å². The fourth-order valence-electron chi connectivity index (χ4n) is 9.42. The van der Waals surface area contributed by atoms with Crippen molar-refractivity contribution in [1.82, 2.24) is 40.5 Å². The zero-order valence-corrected chi connectivity index (χ0v) is 32.6. The van der Waals surface area contributed by atoms with Crippen molar-refractivity contribution in [2.75, 3.05) is 0 Å². The Morgan fingerprint density at radius 2 is 1.17 bits per heavy atom. The number of nitrogens with zero attached hydrogens (tertiary/aromatic N) is 4. The molecule has 0 saturated heterocycles. The maximum Gasteiger partial charge on any atom is 0.303 e. The summed E-state index contributed by atoms with van der Waals surface area (Å²) in [4.78, 5) is 61.7. The predicted octanol–water partition coefficient (Wildman–Crippen LogP) is 5.67. The number of ether oxygens (including phenoxy) is 1. The molecule has 2 amide bonds. The van der Waals surface area contributed by atoms with Gasteiger partial charge >= 0.3 is 5.97 Å². The first kappa shape index (κ1) is 35.7. The first-order chi connectivity index (χ1) is 28.7.